The smallest absolute Gasteiger partial charge is 0.162 e. The Morgan fingerprint density at radius 2 is 1.76 bits per heavy atom. The van der Waals surface area contributed by atoms with Crippen LogP contribution < -0.4 is 10.2 Å². The zero-order valence-electron chi connectivity index (χ0n) is 18.6. The quantitative estimate of drug-likeness (QED) is 0.449. The second-order valence-electron chi connectivity index (χ2n) is 8.50. The summed E-state index contributed by atoms with van der Waals surface area (Å²) in [7, 11) is 0. The zero-order valence-corrected chi connectivity index (χ0v) is 18.6. The lowest BCUT2D eigenvalue weighted by Gasteiger charge is -2.29. The summed E-state index contributed by atoms with van der Waals surface area (Å²) in [6, 6.07) is 18.9. The van der Waals surface area contributed by atoms with Crippen LogP contribution in [0.2, 0.25) is 0 Å². The van der Waals surface area contributed by atoms with Gasteiger partial charge in [-0.05, 0) is 41.0 Å². The van der Waals surface area contributed by atoms with E-state index in [1.165, 1.54) is 5.69 Å². The van der Waals surface area contributed by atoms with Gasteiger partial charge in [0.05, 0.1) is 24.2 Å². The molecule has 34 heavy (non-hydrogen) atoms. The second-order valence-corrected chi connectivity index (χ2v) is 8.50. The van der Waals surface area contributed by atoms with Gasteiger partial charge in [0.1, 0.15) is 0 Å². The molecule has 1 aliphatic rings. The Bertz CT molecular complexity index is 1520. The maximum Gasteiger partial charge on any atom is 0.162 e. The fourth-order valence-electron chi connectivity index (χ4n) is 4.63. The molecule has 1 aliphatic heterocycles. The topological polar surface area (TPSA) is 82.1 Å². The van der Waals surface area contributed by atoms with Crippen LogP contribution >= 0.6 is 0 Å². The molecule has 166 valence electrons. The van der Waals surface area contributed by atoms with Gasteiger partial charge in [0, 0.05) is 67.0 Å². The number of nitrogens with zero attached hydrogens (tertiary/aromatic N) is 6. The summed E-state index contributed by atoms with van der Waals surface area (Å²) in [4.78, 5) is 11.7. The van der Waals surface area contributed by atoms with Crippen molar-refractivity contribution in [3.05, 3.63) is 78.9 Å². The molecule has 3 aromatic heterocycles. The standard InChI is InChI=1S/C27H23N7/c28-9-7-19-1-6-24-23(8-10-30-26(24)15-19)25-17-32-34-18-21(16-31-27(25)34)20-2-4-22(5-3-20)33-13-11-29-12-14-33/h1-6,8,10,15-18,29H,7,11-14H2. The van der Waals surface area contributed by atoms with Gasteiger partial charge in [-0.3, -0.25) is 4.98 Å². The molecule has 6 rings (SSSR count). The Hall–Kier alpha value is -4.28. The van der Waals surface area contributed by atoms with Crippen molar-refractivity contribution in [2.24, 2.45) is 0 Å². The van der Waals surface area contributed by atoms with Crippen molar-refractivity contribution in [2.45, 2.75) is 6.42 Å². The first-order valence-corrected chi connectivity index (χ1v) is 11.4. The molecule has 0 radical (unpaired) electrons. The Kier molecular flexibility index (Phi) is 5.13. The van der Waals surface area contributed by atoms with Crippen molar-refractivity contribution < 1.29 is 0 Å². The van der Waals surface area contributed by atoms with Crippen LogP contribution in [0.15, 0.2) is 73.3 Å². The number of nitriles is 1. The van der Waals surface area contributed by atoms with E-state index in [0.717, 1.165) is 70.5 Å². The first kappa shape index (κ1) is 20.3. The fourth-order valence-corrected chi connectivity index (χ4v) is 4.63. The van der Waals surface area contributed by atoms with Gasteiger partial charge in [-0.2, -0.15) is 10.4 Å². The summed E-state index contributed by atoms with van der Waals surface area (Å²) in [6.45, 7) is 4.12. The lowest BCUT2D eigenvalue weighted by atomic mass is 10.0. The average Bonchev–Trinajstić information content (AvgIpc) is 3.32. The van der Waals surface area contributed by atoms with Crippen molar-refractivity contribution in [3.8, 4) is 28.3 Å². The van der Waals surface area contributed by atoms with Crippen molar-refractivity contribution in [1.29, 1.82) is 5.26 Å². The van der Waals surface area contributed by atoms with Crippen LogP contribution in [0.1, 0.15) is 5.56 Å². The van der Waals surface area contributed by atoms with Gasteiger partial charge in [-0.15, -0.1) is 0 Å². The van der Waals surface area contributed by atoms with Crippen LogP contribution in [0.5, 0.6) is 0 Å². The highest BCUT2D eigenvalue weighted by molar-refractivity contribution is 5.98. The maximum atomic E-state index is 9.00. The van der Waals surface area contributed by atoms with Crippen LogP contribution in [0.3, 0.4) is 0 Å². The minimum absolute atomic E-state index is 0.374. The number of piperazine rings is 1. The normalized spacial score (nSPS) is 13.9. The van der Waals surface area contributed by atoms with E-state index in [1.54, 1.807) is 6.20 Å². The summed E-state index contributed by atoms with van der Waals surface area (Å²) < 4.78 is 1.84. The van der Waals surface area contributed by atoms with E-state index in [1.807, 2.05) is 47.4 Å². The van der Waals surface area contributed by atoms with Crippen LogP contribution in [-0.4, -0.2) is 45.8 Å². The van der Waals surface area contributed by atoms with E-state index in [0.29, 0.717) is 6.42 Å². The number of nitrogens with one attached hydrogen (secondary N) is 1. The van der Waals surface area contributed by atoms with Crippen LogP contribution in [0, 0.1) is 11.3 Å². The average molecular weight is 446 g/mol. The summed E-state index contributed by atoms with van der Waals surface area (Å²) in [6.07, 6.45) is 7.97. The van der Waals surface area contributed by atoms with Crippen molar-refractivity contribution in [1.82, 2.24) is 24.9 Å². The molecule has 1 N–H and O–H groups in total. The molecule has 7 nitrogen and oxygen atoms in total. The summed E-state index contributed by atoms with van der Waals surface area (Å²) in [5, 5.41) is 18.0. The third-order valence-corrected chi connectivity index (χ3v) is 6.42. The molecule has 5 aromatic rings. The molecule has 0 saturated carbocycles. The molecule has 0 aliphatic carbocycles. The van der Waals surface area contributed by atoms with Crippen LogP contribution in [0.4, 0.5) is 5.69 Å². The van der Waals surface area contributed by atoms with Gasteiger partial charge >= 0.3 is 0 Å². The molecule has 0 atom stereocenters. The molecule has 0 amide bonds. The van der Waals surface area contributed by atoms with Gasteiger partial charge in [0.2, 0.25) is 0 Å². The van der Waals surface area contributed by atoms with E-state index >= 15 is 0 Å². The zero-order chi connectivity index (χ0) is 22.9. The van der Waals surface area contributed by atoms with Crippen molar-refractivity contribution in [3.63, 3.8) is 0 Å². The summed E-state index contributed by atoms with van der Waals surface area (Å²) >= 11 is 0. The van der Waals surface area contributed by atoms with E-state index in [4.69, 9.17) is 10.2 Å². The molecule has 1 saturated heterocycles. The SMILES string of the molecule is N#CCc1ccc2c(-c3cnn4cc(-c5ccc(N6CCNCC6)cc5)cnc34)ccnc2c1. The van der Waals surface area contributed by atoms with Crippen molar-refractivity contribution in [2.75, 3.05) is 31.1 Å². The lowest BCUT2D eigenvalue weighted by Crippen LogP contribution is -2.43. The van der Waals surface area contributed by atoms with Crippen LogP contribution in [0.25, 0.3) is 38.8 Å². The number of anilines is 1. The van der Waals surface area contributed by atoms with Gasteiger partial charge in [-0.1, -0.05) is 24.3 Å². The third-order valence-electron chi connectivity index (χ3n) is 6.42. The minimum atomic E-state index is 0.374. The Labute approximate surface area is 197 Å². The summed E-state index contributed by atoms with van der Waals surface area (Å²) in [5.74, 6) is 0. The highest BCUT2D eigenvalue weighted by Gasteiger charge is 2.14. The first-order valence-electron chi connectivity index (χ1n) is 11.4. The van der Waals surface area contributed by atoms with Gasteiger partial charge in [-0.25, -0.2) is 9.50 Å². The highest BCUT2D eigenvalue weighted by Crippen LogP contribution is 2.31. The number of hydrogen-bond acceptors (Lipinski definition) is 6. The maximum absolute atomic E-state index is 9.00. The van der Waals surface area contributed by atoms with E-state index in [9.17, 15) is 0 Å². The van der Waals surface area contributed by atoms with E-state index in [-0.39, 0.29) is 0 Å². The number of rotatable bonds is 4. The number of benzene rings is 2. The predicted molar refractivity (Wildman–Crippen MR) is 134 cm³/mol. The monoisotopic (exact) mass is 445 g/mol. The van der Waals surface area contributed by atoms with Gasteiger partial charge < -0.3 is 10.2 Å². The Morgan fingerprint density at radius 3 is 2.59 bits per heavy atom. The number of hydrogen-bond donors (Lipinski definition) is 1. The predicted octanol–water partition coefficient (Wildman–Crippen LogP) is 4.09. The van der Waals surface area contributed by atoms with Gasteiger partial charge in [0.15, 0.2) is 5.65 Å². The molecule has 2 aromatic carbocycles. The molecule has 0 unspecified atom stereocenters. The number of fused-ring (bicyclic) bond motifs is 2. The fraction of sp³-hybridized carbons (Fsp3) is 0.185. The molecule has 7 heteroatoms. The number of aromatic nitrogens is 4. The van der Waals surface area contributed by atoms with E-state index < -0.39 is 0 Å². The highest BCUT2D eigenvalue weighted by atomic mass is 15.2. The Balaban J connectivity index is 1.34. The third kappa shape index (κ3) is 3.64. The molecule has 4 heterocycles. The molecule has 1 fully saturated rings. The first-order chi connectivity index (χ1) is 16.8. The van der Waals surface area contributed by atoms with E-state index in [2.05, 4.69) is 50.6 Å². The minimum Gasteiger partial charge on any atom is -0.369 e. The second kappa shape index (κ2) is 8.58. The van der Waals surface area contributed by atoms with Crippen molar-refractivity contribution >= 4 is 22.2 Å². The summed E-state index contributed by atoms with van der Waals surface area (Å²) in [5.41, 5.74) is 8.01. The lowest BCUT2D eigenvalue weighted by molar-refractivity contribution is 0.589. The largest absolute Gasteiger partial charge is 0.369 e. The van der Waals surface area contributed by atoms with Gasteiger partial charge in [0.25, 0.3) is 0 Å². The molecule has 0 spiro atoms. The molecule has 0 bridgehead atoms. The molecular formula is C27H23N7. The van der Waals surface area contributed by atoms with Crippen LogP contribution in [-0.2, 0) is 6.42 Å². The number of pyridine rings is 1. The Morgan fingerprint density at radius 1 is 0.912 bits per heavy atom. The molecular weight excluding hydrogens is 422 g/mol.